The molecule has 2 fully saturated rings. The van der Waals surface area contributed by atoms with Crippen molar-refractivity contribution in [3.8, 4) is 0 Å². The van der Waals surface area contributed by atoms with E-state index in [4.69, 9.17) is 4.74 Å². The predicted molar refractivity (Wildman–Crippen MR) is 117 cm³/mol. The van der Waals surface area contributed by atoms with Gasteiger partial charge in [0, 0.05) is 17.8 Å². The molecule has 1 aromatic heterocycles. The van der Waals surface area contributed by atoms with E-state index in [1.54, 1.807) is 0 Å². The lowest BCUT2D eigenvalue weighted by Crippen LogP contribution is -2.29. The zero-order valence-electron chi connectivity index (χ0n) is 18.3. The summed E-state index contributed by atoms with van der Waals surface area (Å²) in [6, 6.07) is 4.24. The number of allylic oxidation sites excluding steroid dienone is 5. The molecule has 0 aromatic carbocycles. The van der Waals surface area contributed by atoms with Crippen molar-refractivity contribution >= 4 is 5.57 Å². The van der Waals surface area contributed by atoms with E-state index in [2.05, 4.69) is 36.2 Å². The lowest BCUT2D eigenvalue weighted by molar-refractivity contribution is -0.184. The molecule has 0 N–H and O–H groups in total. The fourth-order valence-electron chi connectivity index (χ4n) is 4.65. The maximum Gasteiger partial charge on any atom is 0.391 e. The standard InChI is InChI=1S/C26H32F3NO/c1-2-19-5-3-4-6-21(22-13-14-30-24(15-22)20-9-10-20)16-25(19)31-17-18-7-11-23(12-8-18)26(27,28)29/h4,6,13-16,18,20,23H,2-3,5,7-12,17H2,1H3/b6-4-,21-16+,25-19+. The van der Waals surface area contributed by atoms with E-state index in [0.29, 0.717) is 25.4 Å². The number of hydrogen-bond donors (Lipinski definition) is 0. The van der Waals surface area contributed by atoms with Crippen molar-refractivity contribution in [1.29, 1.82) is 0 Å². The van der Waals surface area contributed by atoms with Crippen LogP contribution in [0.25, 0.3) is 5.57 Å². The Bertz CT molecular complexity index is 856. The van der Waals surface area contributed by atoms with Gasteiger partial charge in [-0.1, -0.05) is 19.1 Å². The summed E-state index contributed by atoms with van der Waals surface area (Å²) in [5.41, 5.74) is 4.71. The number of rotatable bonds is 6. The summed E-state index contributed by atoms with van der Waals surface area (Å²) in [6.45, 7) is 2.64. The van der Waals surface area contributed by atoms with Crippen molar-refractivity contribution in [3.63, 3.8) is 0 Å². The second-order valence-electron chi connectivity index (χ2n) is 9.18. The number of halogens is 3. The van der Waals surface area contributed by atoms with E-state index < -0.39 is 12.1 Å². The third kappa shape index (κ3) is 5.81. The molecule has 0 atom stereocenters. The van der Waals surface area contributed by atoms with Gasteiger partial charge < -0.3 is 4.74 Å². The van der Waals surface area contributed by atoms with Gasteiger partial charge in [0.1, 0.15) is 5.76 Å². The topological polar surface area (TPSA) is 22.1 Å². The number of hydrogen-bond acceptors (Lipinski definition) is 2. The van der Waals surface area contributed by atoms with Crippen molar-refractivity contribution in [2.24, 2.45) is 11.8 Å². The van der Waals surface area contributed by atoms with Crippen LogP contribution >= 0.6 is 0 Å². The Morgan fingerprint density at radius 1 is 1.10 bits per heavy atom. The van der Waals surface area contributed by atoms with E-state index in [-0.39, 0.29) is 18.8 Å². The van der Waals surface area contributed by atoms with Gasteiger partial charge in [0.05, 0.1) is 12.5 Å². The molecular formula is C26H32F3NO. The van der Waals surface area contributed by atoms with Crippen LogP contribution in [0.4, 0.5) is 13.2 Å². The molecule has 3 aliphatic carbocycles. The van der Waals surface area contributed by atoms with Gasteiger partial charge in [-0.25, -0.2) is 0 Å². The van der Waals surface area contributed by atoms with Gasteiger partial charge in [0.2, 0.25) is 0 Å². The molecule has 31 heavy (non-hydrogen) atoms. The molecule has 3 aliphatic rings. The second-order valence-corrected chi connectivity index (χ2v) is 9.18. The molecule has 1 aromatic rings. The lowest BCUT2D eigenvalue weighted by Gasteiger charge is -2.30. The fraction of sp³-hybridized carbons (Fsp3) is 0.577. The van der Waals surface area contributed by atoms with E-state index in [0.717, 1.165) is 41.9 Å². The molecule has 1 heterocycles. The van der Waals surface area contributed by atoms with Crippen LogP contribution in [0, 0.1) is 11.8 Å². The van der Waals surface area contributed by atoms with Crippen LogP contribution in [0.2, 0.25) is 0 Å². The SMILES string of the molecule is CC/C1=C(OCC2CCC(C(F)(F)F)CC2)/C=C(c2ccnc(C3CC3)c2)\C=C/CC1. The van der Waals surface area contributed by atoms with Crippen molar-refractivity contribution in [2.75, 3.05) is 6.61 Å². The number of ether oxygens (including phenoxy) is 1. The summed E-state index contributed by atoms with van der Waals surface area (Å²) in [6.07, 6.45) is 11.2. The highest BCUT2D eigenvalue weighted by molar-refractivity contribution is 5.76. The maximum atomic E-state index is 13.0. The van der Waals surface area contributed by atoms with Crippen LogP contribution in [0.15, 0.2) is 47.9 Å². The van der Waals surface area contributed by atoms with Crippen LogP contribution < -0.4 is 0 Å². The molecule has 4 rings (SSSR count). The van der Waals surface area contributed by atoms with Gasteiger partial charge in [0.25, 0.3) is 0 Å². The number of alkyl halides is 3. The quantitative estimate of drug-likeness (QED) is 0.459. The van der Waals surface area contributed by atoms with Crippen LogP contribution in [-0.2, 0) is 4.74 Å². The van der Waals surface area contributed by atoms with Crippen LogP contribution in [0.1, 0.15) is 81.9 Å². The highest BCUT2D eigenvalue weighted by Crippen LogP contribution is 2.41. The normalized spacial score (nSPS) is 30.1. The first-order chi connectivity index (χ1) is 14.9. The van der Waals surface area contributed by atoms with Crippen LogP contribution in [0.5, 0.6) is 0 Å². The minimum Gasteiger partial charge on any atom is -0.493 e. The van der Waals surface area contributed by atoms with Crippen LogP contribution in [-0.4, -0.2) is 17.8 Å². The smallest absolute Gasteiger partial charge is 0.391 e. The average molecular weight is 432 g/mol. The van der Waals surface area contributed by atoms with Gasteiger partial charge in [-0.2, -0.15) is 13.2 Å². The summed E-state index contributed by atoms with van der Waals surface area (Å²) in [4.78, 5) is 4.53. The maximum absolute atomic E-state index is 13.0. The molecular weight excluding hydrogens is 399 g/mol. The molecule has 168 valence electrons. The first-order valence-corrected chi connectivity index (χ1v) is 11.7. The minimum atomic E-state index is -4.06. The van der Waals surface area contributed by atoms with E-state index in [1.165, 1.54) is 18.4 Å². The summed E-state index contributed by atoms with van der Waals surface area (Å²) >= 11 is 0. The largest absolute Gasteiger partial charge is 0.493 e. The first kappa shape index (κ1) is 22.2. The summed E-state index contributed by atoms with van der Waals surface area (Å²) in [7, 11) is 0. The van der Waals surface area contributed by atoms with E-state index in [1.807, 2.05) is 12.3 Å². The predicted octanol–water partition coefficient (Wildman–Crippen LogP) is 7.74. The molecule has 0 bridgehead atoms. The average Bonchev–Trinajstić information content (AvgIpc) is 3.59. The summed E-state index contributed by atoms with van der Waals surface area (Å²) in [5.74, 6) is 0.566. The zero-order chi connectivity index (χ0) is 21.8. The molecule has 2 nitrogen and oxygen atoms in total. The summed E-state index contributed by atoms with van der Waals surface area (Å²) < 4.78 is 45.2. The molecule has 5 heteroatoms. The van der Waals surface area contributed by atoms with Gasteiger partial charge in [-0.05, 0) is 98.6 Å². The van der Waals surface area contributed by atoms with Gasteiger partial charge in [-0.15, -0.1) is 0 Å². The van der Waals surface area contributed by atoms with Crippen molar-refractivity contribution < 1.29 is 17.9 Å². The molecule has 0 radical (unpaired) electrons. The number of pyridine rings is 1. The molecule has 0 aliphatic heterocycles. The molecule has 0 spiro atoms. The van der Waals surface area contributed by atoms with Crippen molar-refractivity contribution in [2.45, 2.75) is 76.8 Å². The van der Waals surface area contributed by atoms with Gasteiger partial charge in [-0.3, -0.25) is 4.98 Å². The van der Waals surface area contributed by atoms with E-state index in [9.17, 15) is 13.2 Å². The molecule has 0 saturated heterocycles. The van der Waals surface area contributed by atoms with Crippen molar-refractivity contribution in [3.05, 3.63) is 59.1 Å². The number of aromatic nitrogens is 1. The lowest BCUT2D eigenvalue weighted by atomic mass is 9.82. The third-order valence-corrected chi connectivity index (χ3v) is 6.87. The minimum absolute atomic E-state index is 0.199. The Labute approximate surface area is 183 Å². The van der Waals surface area contributed by atoms with Crippen LogP contribution in [0.3, 0.4) is 0 Å². The first-order valence-electron chi connectivity index (χ1n) is 11.7. The highest BCUT2D eigenvalue weighted by Gasteiger charge is 2.41. The second kappa shape index (κ2) is 9.62. The Morgan fingerprint density at radius 2 is 1.87 bits per heavy atom. The van der Waals surface area contributed by atoms with E-state index >= 15 is 0 Å². The Balaban J connectivity index is 1.48. The molecule has 0 amide bonds. The van der Waals surface area contributed by atoms with Gasteiger partial charge in [0.15, 0.2) is 0 Å². The Kier molecular flexibility index (Phi) is 6.88. The number of nitrogens with zero attached hydrogens (tertiary/aromatic N) is 1. The molecule has 0 unspecified atom stereocenters. The van der Waals surface area contributed by atoms with Crippen molar-refractivity contribution in [1.82, 2.24) is 4.98 Å². The monoisotopic (exact) mass is 431 g/mol. The summed E-state index contributed by atoms with van der Waals surface area (Å²) in [5, 5.41) is 0. The fourth-order valence-corrected chi connectivity index (χ4v) is 4.65. The Morgan fingerprint density at radius 3 is 2.55 bits per heavy atom. The van der Waals surface area contributed by atoms with Gasteiger partial charge >= 0.3 is 6.18 Å². The third-order valence-electron chi connectivity index (χ3n) is 6.87. The molecule has 2 saturated carbocycles. The zero-order valence-corrected chi connectivity index (χ0v) is 18.3. The highest BCUT2D eigenvalue weighted by atomic mass is 19.4. The Hall–Kier alpha value is -2.04.